The number of fused-ring (bicyclic) bond motifs is 35. The molecule has 646 valence electrons. The van der Waals surface area contributed by atoms with E-state index in [9.17, 15) is 5.26 Å². The van der Waals surface area contributed by atoms with E-state index in [1.54, 1.807) is 0 Å². The molecule has 4 aromatic heterocycles. The molecule has 5 heteroatoms. The van der Waals surface area contributed by atoms with Crippen LogP contribution in [0.3, 0.4) is 0 Å². The van der Waals surface area contributed by atoms with Crippen molar-refractivity contribution in [1.82, 2.24) is 0 Å². The largest absolute Gasteiger partial charge is 0.214 e. The fourth-order valence-electron chi connectivity index (χ4n) is 24.9. The Morgan fingerprint density at radius 1 is 0.219 bits per heavy atom. The zero-order chi connectivity index (χ0) is 91.3. The van der Waals surface area contributed by atoms with Crippen LogP contribution in [0.5, 0.6) is 0 Å². The molecule has 8 aliphatic rings. The maximum absolute atomic E-state index is 9.97. The van der Waals surface area contributed by atoms with Gasteiger partial charge in [0.15, 0.2) is 45.6 Å². The van der Waals surface area contributed by atoms with Crippen LogP contribution >= 0.6 is 0 Å². The summed E-state index contributed by atoms with van der Waals surface area (Å²) in [4.78, 5) is 0. The van der Waals surface area contributed by atoms with Gasteiger partial charge in [-0.2, -0.15) is 23.5 Å². The van der Waals surface area contributed by atoms with Gasteiger partial charge in [0.25, 0.3) is 0 Å². The van der Waals surface area contributed by atoms with Crippen molar-refractivity contribution in [2.75, 3.05) is 0 Å². The average Bonchev–Trinajstić information content (AvgIpc) is 1.58. The van der Waals surface area contributed by atoms with E-state index in [2.05, 4.69) is 436 Å². The highest BCUT2D eigenvalue weighted by Crippen LogP contribution is 2.54. The number of nitrogens with zero attached hydrogens (tertiary/aromatic N) is 5. The van der Waals surface area contributed by atoms with Crippen molar-refractivity contribution < 1.29 is 18.3 Å². The molecule has 4 aliphatic carbocycles. The van der Waals surface area contributed by atoms with Gasteiger partial charge in [-0.15, -0.1) is 0 Å². The van der Waals surface area contributed by atoms with Crippen LogP contribution < -0.4 is 18.3 Å². The van der Waals surface area contributed by atoms with E-state index < -0.39 is 0 Å². The lowest BCUT2D eigenvalue weighted by Crippen LogP contribution is -2.36. The molecule has 137 heavy (non-hydrogen) atoms. The molecule has 0 spiro atoms. The lowest BCUT2D eigenvalue weighted by Gasteiger charge is -2.20. The summed E-state index contributed by atoms with van der Waals surface area (Å²) < 4.78 is 10.1. The first-order valence-corrected chi connectivity index (χ1v) is 48.7. The molecule has 18 aromatic carbocycles. The predicted octanol–water partition coefficient (Wildman–Crippen LogP) is 29.4. The molecular weight excluding hydrogens is 1660 g/mol. The molecule has 30 rings (SSSR count). The SMILES string of the molecule is CC(C)(C)c1ccc(-c2c3c(cc4ccccc24)Cc2c-3ccc3[n+]2-c2ccccc2C3)cc1.Cc1cc(C)cc(-c2c3c(cc4ccccc24)Cc2c-3ccc3[n+]2-c2ccccc2C3)c1.Cc1ccc(C#N)c(-c2c3c(cc4ccccc24)Cc2c-3ccc3[n+]2-c2ccccc2C3)c1.c1ccc2c(c1)Cc1ccc3c([n+]1-2)Cc1cc2ccccc2c(-c2ccc4c(ccc5ccccc54)c2)c1-3. The standard InChI is InChI=1S/C37H24N.C33H28N.C31H21N2.C31H24N/c1-4-10-30-23(7-1)13-14-25-19-27(15-17-31(25)30)36-32-11-5-2-8-24(32)20-28-22-35-33(37(28)36)18-16-29-21-26-9-3-6-12-34(26)38(29)35;1-33(2,3)25-14-12-21(13-15-25)31-27-10-6-4-8-22(27)18-24-20-30-28(32(24)31)17-16-26-19-23-9-5-7-11-29(23)34(26)30;1-19-10-11-22(18-32)27(14-19)31-25-8-4-2-6-20(25)15-23-17-29-26(30(23)31)13-12-24-16-21-7-3-5-9-28(21)33(24)29;1-19-13-20(2)15-23(14-19)30-26-9-5-3-7-21(26)16-24-18-29-27(31(24)30)12-11-25-17-22-8-4-6-10-28(22)32(25)29/h1-20H,21-22H2;4-18H,19-20H2,1-3H3;2-15H,16-17H2,1H3;3-16H,17-18H2,1-2H3/q4*+1. The van der Waals surface area contributed by atoms with Gasteiger partial charge in [-0.25, -0.2) is 0 Å². The van der Waals surface area contributed by atoms with E-state index in [1.807, 2.05) is 12.1 Å². The first-order valence-electron chi connectivity index (χ1n) is 48.7. The minimum Gasteiger partial charge on any atom is -0.192 e. The van der Waals surface area contributed by atoms with Gasteiger partial charge in [0.1, 0.15) is 0 Å². The van der Waals surface area contributed by atoms with E-state index in [0.29, 0.717) is 0 Å². The van der Waals surface area contributed by atoms with E-state index >= 15 is 0 Å². The zero-order valence-corrected chi connectivity index (χ0v) is 77.8. The summed E-state index contributed by atoms with van der Waals surface area (Å²) in [7, 11) is 0. The lowest BCUT2D eigenvalue weighted by molar-refractivity contribution is -0.605. The Hall–Kier alpha value is -16.4. The Labute approximate surface area is 798 Å². The molecule has 0 N–H and O–H groups in total. The minimum absolute atomic E-state index is 0.149. The summed E-state index contributed by atoms with van der Waals surface area (Å²) in [6.07, 6.45) is 7.84. The van der Waals surface area contributed by atoms with Gasteiger partial charge in [0, 0.05) is 98.6 Å². The summed E-state index contributed by atoms with van der Waals surface area (Å²) >= 11 is 0. The number of benzene rings is 18. The first kappa shape index (κ1) is 80.3. The van der Waals surface area contributed by atoms with Gasteiger partial charge in [0.2, 0.25) is 22.7 Å². The van der Waals surface area contributed by atoms with Crippen molar-refractivity contribution >= 4 is 64.6 Å². The number of rotatable bonds is 4. The molecule has 0 unspecified atom stereocenters. The van der Waals surface area contributed by atoms with Crippen LogP contribution in [0.2, 0.25) is 0 Å². The Kier molecular flexibility index (Phi) is 18.2. The number of aryl methyl sites for hydroxylation is 3. The van der Waals surface area contributed by atoms with Crippen molar-refractivity contribution in [3.05, 3.63) is 500 Å². The van der Waals surface area contributed by atoms with Crippen LogP contribution in [-0.4, -0.2) is 0 Å². The maximum atomic E-state index is 9.97. The minimum atomic E-state index is 0.149. The van der Waals surface area contributed by atoms with Gasteiger partial charge in [-0.05, 0) is 218 Å². The molecule has 0 bridgehead atoms. The van der Waals surface area contributed by atoms with Crippen LogP contribution in [0.15, 0.2) is 382 Å². The highest BCUT2D eigenvalue weighted by atomic mass is 15.0. The van der Waals surface area contributed by atoms with E-state index in [4.69, 9.17) is 0 Å². The van der Waals surface area contributed by atoms with Crippen LogP contribution in [0.4, 0.5) is 0 Å². The third kappa shape index (κ3) is 12.8. The summed E-state index contributed by atoms with van der Waals surface area (Å²) in [6.45, 7) is 13.4. The quantitative estimate of drug-likeness (QED) is 0.128. The molecule has 22 aromatic rings. The smallest absolute Gasteiger partial charge is 0.192 e. The predicted molar refractivity (Wildman–Crippen MR) is 560 cm³/mol. The normalized spacial score (nSPS) is 13.1. The molecular formula is C132H97N5+4. The highest BCUT2D eigenvalue weighted by molar-refractivity contribution is 6.14. The van der Waals surface area contributed by atoms with Crippen molar-refractivity contribution in [1.29, 1.82) is 5.26 Å². The van der Waals surface area contributed by atoms with E-state index in [0.717, 1.165) is 62.5 Å². The van der Waals surface area contributed by atoms with E-state index in [1.165, 1.54) is 283 Å². The molecule has 0 saturated carbocycles. The molecule has 0 saturated heterocycles. The number of hydrogen-bond acceptors (Lipinski definition) is 1. The first-order chi connectivity index (χ1) is 67.2. The van der Waals surface area contributed by atoms with Crippen molar-refractivity contribution in [2.45, 2.75) is 98.3 Å². The molecule has 0 radical (unpaired) electrons. The van der Waals surface area contributed by atoms with Gasteiger partial charge >= 0.3 is 0 Å². The van der Waals surface area contributed by atoms with Crippen LogP contribution in [0.1, 0.15) is 139 Å². The second-order valence-corrected chi connectivity index (χ2v) is 40.1. The van der Waals surface area contributed by atoms with Gasteiger partial charge in [0.05, 0.1) is 85.3 Å². The number of aromatic nitrogens is 4. The fourth-order valence-corrected chi connectivity index (χ4v) is 24.9. The molecule has 0 fully saturated rings. The second kappa shape index (κ2) is 31.1. The van der Waals surface area contributed by atoms with Crippen LogP contribution in [0, 0.1) is 32.1 Å². The zero-order valence-electron chi connectivity index (χ0n) is 77.8. The fraction of sp³-hybridized carbons (Fsp3) is 0.114. The second-order valence-electron chi connectivity index (χ2n) is 40.1. The average molecular weight is 1750 g/mol. The van der Waals surface area contributed by atoms with E-state index in [-0.39, 0.29) is 5.41 Å². The molecule has 5 nitrogen and oxygen atoms in total. The third-order valence-corrected chi connectivity index (χ3v) is 30.8. The molecule has 0 amide bonds. The summed E-state index contributed by atoms with van der Waals surface area (Å²) in [5.41, 5.74) is 55.1. The number of pyridine rings is 4. The van der Waals surface area contributed by atoms with Crippen LogP contribution in [-0.2, 0) is 56.8 Å². The highest BCUT2D eigenvalue weighted by Gasteiger charge is 2.44. The summed E-state index contributed by atoms with van der Waals surface area (Å²) in [5.74, 6) is 0. The Bertz CT molecular complexity index is 9100. The van der Waals surface area contributed by atoms with Crippen molar-refractivity contribution in [3.63, 3.8) is 0 Å². The van der Waals surface area contributed by atoms with Gasteiger partial charge in [-0.1, -0.05) is 310 Å². The number of para-hydroxylation sites is 4. The molecule has 0 atom stereocenters. The lowest BCUT2D eigenvalue weighted by atomic mass is 9.84. The number of hydrogen-bond donors (Lipinski definition) is 0. The van der Waals surface area contributed by atoms with Crippen LogP contribution in [0.25, 0.3) is 176 Å². The van der Waals surface area contributed by atoms with Crippen molar-refractivity contribution in [3.8, 4) is 118 Å². The monoisotopic (exact) mass is 1750 g/mol. The van der Waals surface area contributed by atoms with Gasteiger partial charge < -0.3 is 0 Å². The summed E-state index contributed by atoms with van der Waals surface area (Å²) in [5, 5.41) is 25.6. The van der Waals surface area contributed by atoms with Crippen molar-refractivity contribution in [2.24, 2.45) is 0 Å². The topological polar surface area (TPSA) is 39.3 Å². The molecule has 8 heterocycles. The summed E-state index contributed by atoms with van der Waals surface area (Å²) in [6, 6.07) is 144. The maximum Gasteiger partial charge on any atom is 0.214 e. The number of nitriles is 1. The Morgan fingerprint density at radius 3 is 0.942 bits per heavy atom. The Morgan fingerprint density at radius 2 is 0.540 bits per heavy atom. The molecule has 4 aliphatic heterocycles. The third-order valence-electron chi connectivity index (χ3n) is 30.8. The van der Waals surface area contributed by atoms with Gasteiger partial charge in [-0.3, -0.25) is 0 Å². The Balaban J connectivity index is 0.0000000926.